The number of carbonyl (C=O) groups excluding carboxylic acids is 2. The second-order valence-corrected chi connectivity index (χ2v) is 7.25. The van der Waals surface area contributed by atoms with E-state index in [1.54, 1.807) is 26.0 Å². The third-order valence-corrected chi connectivity index (χ3v) is 5.38. The molecule has 1 aliphatic rings. The van der Waals surface area contributed by atoms with Crippen molar-refractivity contribution >= 4 is 11.8 Å². The van der Waals surface area contributed by atoms with Crippen LogP contribution in [0, 0.1) is 18.7 Å². The number of amides is 2. The number of nitrogens with zero attached hydrogens (tertiary/aromatic N) is 3. The summed E-state index contributed by atoms with van der Waals surface area (Å²) < 4.78 is 15.5. The Balaban J connectivity index is 2.07. The van der Waals surface area contributed by atoms with Gasteiger partial charge in [0.25, 0.3) is 5.91 Å². The van der Waals surface area contributed by atoms with Crippen molar-refractivity contribution in [2.24, 2.45) is 11.7 Å². The Morgan fingerprint density at radius 2 is 1.89 bits per heavy atom. The van der Waals surface area contributed by atoms with Crippen molar-refractivity contribution in [3.05, 3.63) is 57.8 Å². The normalized spacial score (nSPS) is 22.1. The lowest BCUT2D eigenvalue weighted by Gasteiger charge is -2.42. The number of aromatic nitrogens is 2. The second-order valence-electron chi connectivity index (χ2n) is 7.25. The van der Waals surface area contributed by atoms with Crippen LogP contribution in [0.3, 0.4) is 0 Å². The highest BCUT2D eigenvalue weighted by molar-refractivity contribution is 5.93. The fraction of sp³-hybridized carbons (Fsp3) is 0.400. The predicted molar refractivity (Wildman–Crippen MR) is 102 cm³/mol. The van der Waals surface area contributed by atoms with Crippen LogP contribution in [0.2, 0.25) is 0 Å². The van der Waals surface area contributed by atoms with E-state index < -0.39 is 35.0 Å². The molecule has 0 aliphatic carbocycles. The smallest absolute Gasteiger partial charge is 0.278 e. The number of primary amides is 1. The lowest BCUT2D eigenvalue weighted by Crippen LogP contribution is -2.55. The van der Waals surface area contributed by atoms with Crippen LogP contribution in [0.25, 0.3) is 5.69 Å². The Kier molecular flexibility index (Phi) is 5.31. The van der Waals surface area contributed by atoms with Crippen molar-refractivity contribution in [1.29, 1.82) is 0 Å². The maximum Gasteiger partial charge on any atom is 0.278 e. The van der Waals surface area contributed by atoms with Gasteiger partial charge in [-0.2, -0.15) is 5.10 Å². The van der Waals surface area contributed by atoms with Gasteiger partial charge in [0.15, 0.2) is 5.69 Å². The Hall–Kier alpha value is -3.03. The molecular formula is C20H23FN4O3. The molecule has 3 atom stereocenters. The van der Waals surface area contributed by atoms with Crippen LogP contribution in [0.4, 0.5) is 4.39 Å². The van der Waals surface area contributed by atoms with E-state index in [1.165, 1.54) is 27.8 Å². The van der Waals surface area contributed by atoms with E-state index in [1.807, 2.05) is 6.92 Å². The zero-order chi connectivity index (χ0) is 20.6. The van der Waals surface area contributed by atoms with E-state index >= 15 is 0 Å². The minimum Gasteiger partial charge on any atom is -0.369 e. The molecule has 1 aromatic heterocycles. The quantitative estimate of drug-likeness (QED) is 0.869. The van der Waals surface area contributed by atoms with Crippen molar-refractivity contribution in [1.82, 2.24) is 14.7 Å². The first kappa shape index (κ1) is 19.7. The summed E-state index contributed by atoms with van der Waals surface area (Å²) in [5.74, 6) is -2.06. The third-order valence-electron chi connectivity index (χ3n) is 5.38. The fourth-order valence-corrected chi connectivity index (χ4v) is 3.85. The summed E-state index contributed by atoms with van der Waals surface area (Å²) >= 11 is 0. The molecule has 2 heterocycles. The topological polar surface area (TPSA) is 98.3 Å². The molecule has 3 rings (SSSR count). The van der Waals surface area contributed by atoms with Gasteiger partial charge >= 0.3 is 0 Å². The van der Waals surface area contributed by atoms with E-state index in [0.29, 0.717) is 18.5 Å². The van der Waals surface area contributed by atoms with Gasteiger partial charge in [0.2, 0.25) is 11.3 Å². The van der Waals surface area contributed by atoms with E-state index in [4.69, 9.17) is 5.73 Å². The SMILES string of the molecule is Cc1cc(=O)c(C(=O)N2C(C)CCC(C(N)=O)C2C)nn1-c1ccccc1F. The first-order chi connectivity index (χ1) is 13.2. The third kappa shape index (κ3) is 3.42. The Morgan fingerprint density at radius 3 is 2.54 bits per heavy atom. The number of carbonyl (C=O) groups is 2. The number of hydrogen-bond acceptors (Lipinski definition) is 4. The molecule has 0 radical (unpaired) electrons. The Labute approximate surface area is 161 Å². The summed E-state index contributed by atoms with van der Waals surface area (Å²) in [5, 5.41) is 4.17. The molecule has 7 nitrogen and oxygen atoms in total. The highest BCUT2D eigenvalue weighted by Gasteiger charge is 2.39. The first-order valence-corrected chi connectivity index (χ1v) is 9.20. The van der Waals surface area contributed by atoms with Crippen LogP contribution in [0.15, 0.2) is 35.1 Å². The van der Waals surface area contributed by atoms with Crippen molar-refractivity contribution in [3.63, 3.8) is 0 Å². The van der Waals surface area contributed by atoms with Crippen molar-refractivity contribution in [3.8, 4) is 5.69 Å². The lowest BCUT2D eigenvalue weighted by molar-refractivity contribution is -0.125. The monoisotopic (exact) mass is 386 g/mol. The first-order valence-electron chi connectivity index (χ1n) is 9.20. The fourth-order valence-electron chi connectivity index (χ4n) is 3.85. The molecule has 2 aromatic rings. The molecule has 148 valence electrons. The average Bonchev–Trinajstić information content (AvgIpc) is 2.62. The second kappa shape index (κ2) is 7.53. The minimum atomic E-state index is -0.582. The van der Waals surface area contributed by atoms with Crippen LogP contribution >= 0.6 is 0 Å². The maximum absolute atomic E-state index is 14.2. The molecule has 0 spiro atoms. The summed E-state index contributed by atoms with van der Waals surface area (Å²) in [7, 11) is 0. The maximum atomic E-state index is 14.2. The number of likely N-dealkylation sites (tertiary alicyclic amines) is 1. The number of aryl methyl sites for hydroxylation is 1. The van der Waals surface area contributed by atoms with Gasteiger partial charge in [-0.05, 0) is 45.7 Å². The van der Waals surface area contributed by atoms with Crippen LogP contribution in [-0.2, 0) is 4.79 Å². The van der Waals surface area contributed by atoms with E-state index in [9.17, 15) is 18.8 Å². The van der Waals surface area contributed by atoms with Crippen LogP contribution < -0.4 is 11.2 Å². The van der Waals surface area contributed by atoms with Gasteiger partial charge in [0.05, 0.1) is 5.92 Å². The summed E-state index contributed by atoms with van der Waals surface area (Å²) in [6.07, 6.45) is 1.18. The van der Waals surface area contributed by atoms with Crippen molar-refractivity contribution in [2.45, 2.75) is 45.7 Å². The van der Waals surface area contributed by atoms with E-state index in [0.717, 1.165) is 0 Å². The van der Waals surface area contributed by atoms with Crippen molar-refractivity contribution < 1.29 is 14.0 Å². The van der Waals surface area contributed by atoms with Crippen LogP contribution in [0.5, 0.6) is 0 Å². The van der Waals surface area contributed by atoms with Gasteiger partial charge < -0.3 is 10.6 Å². The van der Waals surface area contributed by atoms with Gasteiger partial charge in [-0.25, -0.2) is 9.07 Å². The molecule has 0 bridgehead atoms. The summed E-state index contributed by atoms with van der Waals surface area (Å²) in [5.41, 5.74) is 5.16. The number of halogens is 1. The lowest BCUT2D eigenvalue weighted by atomic mass is 9.86. The molecule has 3 unspecified atom stereocenters. The number of rotatable bonds is 3. The molecule has 28 heavy (non-hydrogen) atoms. The molecule has 2 amide bonds. The number of piperidine rings is 1. The molecular weight excluding hydrogens is 363 g/mol. The zero-order valence-corrected chi connectivity index (χ0v) is 16.1. The highest BCUT2D eigenvalue weighted by Crippen LogP contribution is 2.28. The molecule has 0 saturated carbocycles. The van der Waals surface area contributed by atoms with E-state index in [-0.39, 0.29) is 17.4 Å². The standard InChI is InChI=1S/C20H23FN4O3/c1-11-8-9-14(19(22)27)13(3)24(11)20(28)18-17(26)10-12(2)25(23-18)16-7-5-4-6-15(16)21/h4-7,10-11,13-14H,8-9H2,1-3H3,(H2,22,27). The molecule has 1 aliphatic heterocycles. The molecule has 8 heteroatoms. The van der Waals surface area contributed by atoms with Gasteiger partial charge in [0.1, 0.15) is 11.5 Å². The van der Waals surface area contributed by atoms with Crippen molar-refractivity contribution in [2.75, 3.05) is 0 Å². The van der Waals surface area contributed by atoms with Gasteiger partial charge in [-0.1, -0.05) is 12.1 Å². The number of benzene rings is 1. The zero-order valence-electron chi connectivity index (χ0n) is 16.1. The van der Waals surface area contributed by atoms with E-state index in [2.05, 4.69) is 5.10 Å². The van der Waals surface area contributed by atoms with Crippen LogP contribution in [0.1, 0.15) is 42.9 Å². The van der Waals surface area contributed by atoms with Gasteiger partial charge in [-0.3, -0.25) is 14.4 Å². The highest BCUT2D eigenvalue weighted by atomic mass is 19.1. The number of hydrogen-bond donors (Lipinski definition) is 1. The number of para-hydroxylation sites is 1. The summed E-state index contributed by atoms with van der Waals surface area (Å²) in [4.78, 5) is 38.9. The van der Waals surface area contributed by atoms with Crippen LogP contribution in [-0.4, -0.2) is 38.6 Å². The summed E-state index contributed by atoms with van der Waals surface area (Å²) in [6, 6.07) is 6.61. The Morgan fingerprint density at radius 1 is 1.21 bits per heavy atom. The molecule has 1 aromatic carbocycles. The molecule has 1 saturated heterocycles. The summed E-state index contributed by atoms with van der Waals surface area (Å²) in [6.45, 7) is 5.21. The average molecular weight is 386 g/mol. The molecule has 1 fully saturated rings. The predicted octanol–water partition coefficient (Wildman–Crippen LogP) is 1.79. The van der Waals surface area contributed by atoms with Gasteiger partial charge in [0, 0.05) is 23.8 Å². The molecule has 2 N–H and O–H groups in total. The van der Waals surface area contributed by atoms with Gasteiger partial charge in [-0.15, -0.1) is 0 Å². The minimum absolute atomic E-state index is 0.142. The Bertz CT molecular complexity index is 988. The largest absolute Gasteiger partial charge is 0.369 e. The number of nitrogens with two attached hydrogens (primary N) is 1.